The van der Waals surface area contributed by atoms with Gasteiger partial charge in [0.1, 0.15) is 0 Å². The van der Waals surface area contributed by atoms with Crippen LogP contribution in [0.4, 0.5) is 26.3 Å². The van der Waals surface area contributed by atoms with E-state index in [9.17, 15) is 26.3 Å². The zero-order valence-electron chi connectivity index (χ0n) is 34.1. The van der Waals surface area contributed by atoms with Crippen molar-refractivity contribution in [3.63, 3.8) is 0 Å². The fourth-order valence-electron chi connectivity index (χ4n) is 10.5. The van der Waals surface area contributed by atoms with Crippen molar-refractivity contribution < 1.29 is 26.3 Å². The van der Waals surface area contributed by atoms with Crippen LogP contribution in [-0.4, -0.2) is 21.6 Å². The lowest BCUT2D eigenvalue weighted by molar-refractivity contribution is -0.138. The molecule has 0 amide bonds. The van der Waals surface area contributed by atoms with E-state index in [0.717, 1.165) is 68.7 Å². The minimum Gasteiger partial charge on any atom is -0.166 e. The van der Waals surface area contributed by atoms with Gasteiger partial charge in [-0.2, -0.15) is 26.3 Å². The minimum absolute atomic E-state index is 0.0795. The van der Waals surface area contributed by atoms with Gasteiger partial charge in [-0.05, 0) is 101 Å². The number of terminal acetylenes is 1. The molecule has 2 saturated carbocycles. The van der Waals surface area contributed by atoms with Crippen LogP contribution in [0.3, 0.4) is 0 Å². The van der Waals surface area contributed by atoms with E-state index >= 15 is 0 Å². The highest BCUT2D eigenvalue weighted by molar-refractivity contribution is 7.73. The van der Waals surface area contributed by atoms with E-state index in [1.165, 1.54) is 69.2 Å². The number of unbranched alkanes of at least 4 members (excludes halogenated alkanes) is 2. The monoisotopic (exact) mass is 794 g/mol. The van der Waals surface area contributed by atoms with Crippen LogP contribution in [0.15, 0.2) is 48.5 Å². The molecule has 2 aliphatic carbocycles. The van der Waals surface area contributed by atoms with E-state index in [-0.39, 0.29) is 27.8 Å². The van der Waals surface area contributed by atoms with Gasteiger partial charge in [-0.25, -0.2) is 0 Å². The van der Waals surface area contributed by atoms with Crippen molar-refractivity contribution in [2.24, 2.45) is 29.6 Å². The largest absolute Gasteiger partial charge is 0.416 e. The van der Waals surface area contributed by atoms with Gasteiger partial charge in [-0.15, -0.1) is 6.42 Å². The molecule has 0 N–H and O–H groups in total. The highest BCUT2D eigenvalue weighted by atomic mass is 31.1. The molecule has 0 aromatic heterocycles. The van der Waals surface area contributed by atoms with E-state index < -0.39 is 39.3 Å². The average Bonchev–Trinajstić information content (AvgIpc) is 3.60. The summed E-state index contributed by atoms with van der Waals surface area (Å²) in [6, 6.07) is 10.6. The molecule has 2 aliphatic rings. The highest BCUT2D eigenvalue weighted by Gasteiger charge is 2.52. The SMILES string of the molecule is C#C[C@H]([C@H]1C(C(CCCC)CCCCC2CCCC2)[C@@H](P(C(C)(C)C)C(C)(C)C)CC[C@H]1C)P(c1ccc(C(F)(F)F)cc1)c1ccc(C(F)(F)F)cc1. The smallest absolute Gasteiger partial charge is 0.166 e. The normalized spacial score (nSPS) is 23.2. The standard InChI is InChI=1S/C46H66F6P2/c1-10-12-20-34(21-16-15-19-33-17-13-14-18-33)42-40(54(43(4,5)6)44(7,8)9)31-22-32(3)41(42)39(11-2)53(37-27-23-35(24-28-37)45(47,48)49)38-29-25-36(26-30-38)46(50,51)52/h2,23-30,32-34,39-42H,10,12-22,31H2,1,3-9H3/t32-,34?,39-,40+,41+,42?/m1/s1. The molecule has 8 heteroatoms. The molecule has 54 heavy (non-hydrogen) atoms. The van der Waals surface area contributed by atoms with E-state index in [2.05, 4.69) is 61.3 Å². The molecular weight excluding hydrogens is 728 g/mol. The summed E-state index contributed by atoms with van der Waals surface area (Å²) in [4.78, 5) is 0. The third-order valence-electron chi connectivity index (χ3n) is 12.4. The highest BCUT2D eigenvalue weighted by Crippen LogP contribution is 2.69. The van der Waals surface area contributed by atoms with Gasteiger partial charge in [-0.1, -0.05) is 164 Å². The summed E-state index contributed by atoms with van der Waals surface area (Å²) in [5.41, 5.74) is -1.39. The number of hydrogen-bond acceptors (Lipinski definition) is 0. The van der Waals surface area contributed by atoms with E-state index in [1.54, 1.807) is 0 Å². The predicted molar refractivity (Wildman–Crippen MR) is 221 cm³/mol. The Morgan fingerprint density at radius 2 is 1.17 bits per heavy atom. The Hall–Kier alpha value is -1.56. The number of hydrogen-bond donors (Lipinski definition) is 0. The molecule has 6 atom stereocenters. The van der Waals surface area contributed by atoms with Gasteiger partial charge in [0.25, 0.3) is 0 Å². The van der Waals surface area contributed by atoms with Crippen molar-refractivity contribution in [1.82, 2.24) is 0 Å². The van der Waals surface area contributed by atoms with Gasteiger partial charge in [0.15, 0.2) is 0 Å². The summed E-state index contributed by atoms with van der Waals surface area (Å²) in [5.74, 6) is 5.22. The van der Waals surface area contributed by atoms with E-state index in [4.69, 9.17) is 6.42 Å². The summed E-state index contributed by atoms with van der Waals surface area (Å²) >= 11 is 0. The zero-order valence-corrected chi connectivity index (χ0v) is 35.9. The number of halogens is 6. The first-order valence-electron chi connectivity index (χ1n) is 20.6. The van der Waals surface area contributed by atoms with Crippen LogP contribution in [0, 0.1) is 41.9 Å². The molecule has 0 nitrogen and oxygen atoms in total. The first-order chi connectivity index (χ1) is 25.2. The molecule has 2 unspecified atom stereocenters. The number of alkyl halides is 6. The molecule has 0 bridgehead atoms. The van der Waals surface area contributed by atoms with Crippen molar-refractivity contribution >= 4 is 26.5 Å². The molecule has 0 saturated heterocycles. The van der Waals surface area contributed by atoms with E-state index in [1.807, 2.05) is 0 Å². The van der Waals surface area contributed by atoms with Gasteiger partial charge in [0, 0.05) is 0 Å². The topological polar surface area (TPSA) is 0 Å². The third kappa shape index (κ3) is 11.5. The van der Waals surface area contributed by atoms with Crippen LogP contribution in [0.5, 0.6) is 0 Å². The van der Waals surface area contributed by atoms with Crippen LogP contribution < -0.4 is 10.6 Å². The third-order valence-corrected chi connectivity index (χ3v) is 19.3. The zero-order chi connectivity index (χ0) is 40.1. The van der Waals surface area contributed by atoms with Crippen LogP contribution in [-0.2, 0) is 12.4 Å². The molecule has 4 rings (SSSR count). The van der Waals surface area contributed by atoms with Gasteiger partial charge in [0.05, 0.1) is 16.8 Å². The summed E-state index contributed by atoms with van der Waals surface area (Å²) in [6.45, 7) is 18.9. The van der Waals surface area contributed by atoms with Gasteiger partial charge >= 0.3 is 12.4 Å². The van der Waals surface area contributed by atoms with E-state index in [0.29, 0.717) is 28.1 Å². The Morgan fingerprint density at radius 3 is 1.59 bits per heavy atom. The molecule has 2 aromatic rings. The van der Waals surface area contributed by atoms with Gasteiger partial charge < -0.3 is 0 Å². The second-order valence-electron chi connectivity index (χ2n) is 18.4. The summed E-state index contributed by atoms with van der Waals surface area (Å²) in [7, 11) is -2.03. The minimum atomic E-state index is -4.50. The quantitative estimate of drug-likeness (QED) is 0.0773. The van der Waals surface area contributed by atoms with Crippen LogP contribution in [0.2, 0.25) is 0 Å². The Balaban J connectivity index is 1.90. The van der Waals surface area contributed by atoms with Crippen molar-refractivity contribution in [3.05, 3.63) is 59.7 Å². The molecule has 2 fully saturated rings. The maximum Gasteiger partial charge on any atom is 0.416 e. The molecule has 0 radical (unpaired) electrons. The first kappa shape index (κ1) is 45.1. The number of benzene rings is 2. The van der Waals surface area contributed by atoms with Gasteiger partial charge in [0.2, 0.25) is 0 Å². The van der Waals surface area contributed by atoms with Crippen molar-refractivity contribution in [1.29, 1.82) is 0 Å². The van der Waals surface area contributed by atoms with Crippen LogP contribution in [0.1, 0.15) is 150 Å². The van der Waals surface area contributed by atoms with Crippen LogP contribution >= 0.6 is 15.8 Å². The van der Waals surface area contributed by atoms with Gasteiger partial charge in [-0.3, -0.25) is 0 Å². The van der Waals surface area contributed by atoms with Crippen LogP contribution in [0.25, 0.3) is 0 Å². The lowest BCUT2D eigenvalue weighted by atomic mass is 9.64. The fourth-order valence-corrected chi connectivity index (χ4v) is 18.6. The maximum atomic E-state index is 13.8. The first-order valence-corrected chi connectivity index (χ1v) is 23.4. The summed E-state index contributed by atoms with van der Waals surface area (Å²) in [5, 5.41) is 1.53. The fraction of sp³-hybridized carbons (Fsp3) is 0.696. The lowest BCUT2D eigenvalue weighted by Crippen LogP contribution is -2.49. The maximum absolute atomic E-state index is 13.8. The van der Waals surface area contributed by atoms with Crippen molar-refractivity contribution in [2.45, 2.75) is 173 Å². The summed E-state index contributed by atoms with van der Waals surface area (Å²) < 4.78 is 82.8. The molecule has 0 aliphatic heterocycles. The second kappa shape index (κ2) is 18.8. The molecule has 0 heterocycles. The summed E-state index contributed by atoms with van der Waals surface area (Å²) in [6.07, 6.45) is 13.5. The molecule has 302 valence electrons. The Bertz CT molecular complexity index is 1400. The number of rotatable bonds is 14. The predicted octanol–water partition coefficient (Wildman–Crippen LogP) is 14.8. The second-order valence-corrected chi connectivity index (χ2v) is 24.8. The van der Waals surface area contributed by atoms with Crippen molar-refractivity contribution in [3.8, 4) is 12.3 Å². The Labute approximate surface area is 326 Å². The van der Waals surface area contributed by atoms with Crippen molar-refractivity contribution in [2.75, 3.05) is 0 Å². The molecule has 0 spiro atoms. The molecular formula is C46H66F6P2. The molecule has 2 aromatic carbocycles. The Kier molecular flexibility index (Phi) is 15.7. The Morgan fingerprint density at radius 1 is 0.685 bits per heavy atom. The average molecular weight is 795 g/mol. The lowest BCUT2D eigenvalue weighted by Gasteiger charge is -2.57.